The zero-order valence-corrected chi connectivity index (χ0v) is 12.7. The second-order valence-electron chi connectivity index (χ2n) is 6.05. The first-order valence-electron chi connectivity index (χ1n) is 6.70. The lowest BCUT2D eigenvalue weighted by Crippen LogP contribution is -2.51. The van der Waals surface area contributed by atoms with Crippen LogP contribution in [-0.4, -0.2) is 36.2 Å². The maximum absolute atomic E-state index is 11.9. The lowest BCUT2D eigenvalue weighted by molar-refractivity contribution is -0.139. The topological polar surface area (TPSA) is 75.6 Å². The van der Waals surface area contributed by atoms with Gasteiger partial charge >= 0.3 is 5.97 Å². The van der Waals surface area contributed by atoms with E-state index >= 15 is 0 Å². The molecule has 0 rings (SSSR count). The van der Waals surface area contributed by atoms with Crippen molar-refractivity contribution in [2.75, 3.05) is 13.7 Å². The predicted octanol–water partition coefficient (Wildman–Crippen LogP) is 2.05. The van der Waals surface area contributed by atoms with Gasteiger partial charge in [0.15, 0.2) is 0 Å². The van der Waals surface area contributed by atoms with Crippen molar-refractivity contribution >= 4 is 11.9 Å². The van der Waals surface area contributed by atoms with Crippen molar-refractivity contribution in [3.63, 3.8) is 0 Å². The molecular weight excluding hydrogens is 246 g/mol. The molecule has 2 atom stereocenters. The van der Waals surface area contributed by atoms with Crippen molar-refractivity contribution in [1.29, 1.82) is 0 Å². The van der Waals surface area contributed by atoms with E-state index < -0.39 is 11.5 Å². The second kappa shape index (κ2) is 8.15. The first-order chi connectivity index (χ1) is 8.68. The van der Waals surface area contributed by atoms with Crippen molar-refractivity contribution in [1.82, 2.24) is 5.32 Å². The third kappa shape index (κ3) is 8.59. The lowest BCUT2D eigenvalue weighted by atomic mass is 9.94. The van der Waals surface area contributed by atoms with Crippen molar-refractivity contribution in [3.05, 3.63) is 0 Å². The highest BCUT2D eigenvalue weighted by Crippen LogP contribution is 2.16. The Morgan fingerprint density at radius 2 is 1.89 bits per heavy atom. The molecule has 0 aromatic heterocycles. The summed E-state index contributed by atoms with van der Waals surface area (Å²) in [7, 11) is 1.49. The standard InChI is InChI=1S/C14H27NO4/c1-10(2)6-11(3)7-12(16)15-14(4,9-19-5)8-13(17)18/h10-11H,6-9H2,1-5H3,(H,15,16)(H,17,18). The van der Waals surface area contributed by atoms with Crippen LogP contribution in [-0.2, 0) is 14.3 Å². The first-order valence-corrected chi connectivity index (χ1v) is 6.70. The smallest absolute Gasteiger partial charge is 0.305 e. The van der Waals surface area contributed by atoms with Gasteiger partial charge in [0, 0.05) is 13.5 Å². The van der Waals surface area contributed by atoms with E-state index in [0.29, 0.717) is 12.3 Å². The van der Waals surface area contributed by atoms with Crippen molar-refractivity contribution < 1.29 is 19.4 Å². The van der Waals surface area contributed by atoms with Crippen molar-refractivity contribution in [3.8, 4) is 0 Å². The normalized spacial score (nSPS) is 15.9. The predicted molar refractivity (Wildman–Crippen MR) is 73.9 cm³/mol. The average molecular weight is 273 g/mol. The van der Waals surface area contributed by atoms with Gasteiger partial charge in [0.2, 0.25) is 5.91 Å². The highest BCUT2D eigenvalue weighted by Gasteiger charge is 2.29. The quantitative estimate of drug-likeness (QED) is 0.674. The summed E-state index contributed by atoms with van der Waals surface area (Å²) in [5, 5.41) is 11.7. The highest BCUT2D eigenvalue weighted by molar-refractivity contribution is 5.78. The lowest BCUT2D eigenvalue weighted by Gasteiger charge is -2.29. The third-order valence-corrected chi connectivity index (χ3v) is 2.85. The zero-order chi connectivity index (χ0) is 15.1. The molecule has 5 heteroatoms. The van der Waals surface area contributed by atoms with Crippen LogP contribution in [0.3, 0.4) is 0 Å². The maximum Gasteiger partial charge on any atom is 0.305 e. The maximum atomic E-state index is 11.9. The summed E-state index contributed by atoms with van der Waals surface area (Å²) in [6.45, 7) is 8.14. The van der Waals surface area contributed by atoms with Crippen LogP contribution in [0.25, 0.3) is 0 Å². The Bertz CT molecular complexity index is 304. The Hall–Kier alpha value is -1.10. The number of nitrogens with one attached hydrogen (secondary N) is 1. The first kappa shape index (κ1) is 17.9. The Kier molecular flexibility index (Phi) is 7.68. The molecule has 0 saturated carbocycles. The Balaban J connectivity index is 4.42. The fourth-order valence-corrected chi connectivity index (χ4v) is 2.38. The Morgan fingerprint density at radius 3 is 2.32 bits per heavy atom. The molecule has 0 aromatic rings. The van der Waals surface area contributed by atoms with Gasteiger partial charge in [-0.15, -0.1) is 0 Å². The number of carboxylic acid groups (broad SMARTS) is 1. The van der Waals surface area contributed by atoms with Crippen molar-refractivity contribution in [2.45, 2.75) is 52.5 Å². The van der Waals surface area contributed by atoms with Gasteiger partial charge in [0.05, 0.1) is 18.6 Å². The minimum absolute atomic E-state index is 0.117. The van der Waals surface area contributed by atoms with E-state index in [1.165, 1.54) is 7.11 Å². The van der Waals surface area contributed by atoms with E-state index in [1.807, 2.05) is 6.92 Å². The molecular formula is C14H27NO4. The molecule has 0 saturated heterocycles. The van der Waals surface area contributed by atoms with E-state index in [4.69, 9.17) is 9.84 Å². The molecule has 0 heterocycles. The second-order valence-corrected chi connectivity index (χ2v) is 6.05. The van der Waals surface area contributed by atoms with Crippen LogP contribution in [0.2, 0.25) is 0 Å². The molecule has 2 unspecified atom stereocenters. The molecule has 0 aromatic carbocycles. The van der Waals surface area contributed by atoms with E-state index in [2.05, 4.69) is 19.2 Å². The van der Waals surface area contributed by atoms with Crippen LogP contribution in [0.5, 0.6) is 0 Å². The fourth-order valence-electron chi connectivity index (χ4n) is 2.38. The molecule has 1 amide bonds. The molecule has 19 heavy (non-hydrogen) atoms. The monoisotopic (exact) mass is 273 g/mol. The molecule has 2 N–H and O–H groups in total. The number of amides is 1. The summed E-state index contributed by atoms with van der Waals surface area (Å²) in [6, 6.07) is 0. The number of methoxy groups -OCH3 is 1. The van der Waals surface area contributed by atoms with Gasteiger partial charge < -0.3 is 15.2 Å². The van der Waals surface area contributed by atoms with E-state index in [-0.39, 0.29) is 24.9 Å². The number of hydrogen-bond acceptors (Lipinski definition) is 3. The zero-order valence-electron chi connectivity index (χ0n) is 12.7. The van der Waals surface area contributed by atoms with Gasteiger partial charge in [-0.05, 0) is 25.2 Å². The number of hydrogen-bond donors (Lipinski definition) is 2. The van der Waals surface area contributed by atoms with Gasteiger partial charge in [-0.1, -0.05) is 20.8 Å². The Morgan fingerprint density at radius 1 is 1.32 bits per heavy atom. The molecule has 0 spiro atoms. The fraction of sp³-hybridized carbons (Fsp3) is 0.857. The van der Waals surface area contributed by atoms with Crippen LogP contribution in [0.15, 0.2) is 0 Å². The summed E-state index contributed by atoms with van der Waals surface area (Å²) in [6.07, 6.45) is 1.25. The number of carboxylic acids is 1. The summed E-state index contributed by atoms with van der Waals surface area (Å²) in [4.78, 5) is 22.8. The third-order valence-electron chi connectivity index (χ3n) is 2.85. The number of carbonyl (C=O) groups excluding carboxylic acids is 1. The van der Waals surface area contributed by atoms with E-state index in [9.17, 15) is 9.59 Å². The van der Waals surface area contributed by atoms with Gasteiger partial charge in [0.1, 0.15) is 0 Å². The molecule has 0 bridgehead atoms. The number of ether oxygens (including phenoxy) is 1. The van der Waals surface area contributed by atoms with Crippen LogP contribution >= 0.6 is 0 Å². The number of aliphatic carboxylic acids is 1. The summed E-state index contributed by atoms with van der Waals surface area (Å²) in [5.41, 5.74) is -0.852. The summed E-state index contributed by atoms with van der Waals surface area (Å²) < 4.78 is 5.00. The average Bonchev–Trinajstić information content (AvgIpc) is 2.12. The molecule has 0 fully saturated rings. The van der Waals surface area contributed by atoms with Gasteiger partial charge in [-0.2, -0.15) is 0 Å². The molecule has 0 aliphatic heterocycles. The minimum atomic E-state index is -0.949. The van der Waals surface area contributed by atoms with Gasteiger partial charge in [-0.25, -0.2) is 0 Å². The number of rotatable bonds is 9. The van der Waals surface area contributed by atoms with E-state index in [1.54, 1.807) is 6.92 Å². The largest absolute Gasteiger partial charge is 0.481 e. The van der Waals surface area contributed by atoms with Gasteiger partial charge in [0.25, 0.3) is 0 Å². The van der Waals surface area contributed by atoms with E-state index in [0.717, 1.165) is 6.42 Å². The molecule has 0 radical (unpaired) electrons. The van der Waals surface area contributed by atoms with Crippen LogP contribution < -0.4 is 5.32 Å². The molecule has 0 aliphatic carbocycles. The number of carbonyl (C=O) groups is 2. The Labute approximate surface area is 115 Å². The van der Waals surface area contributed by atoms with Crippen LogP contribution in [0.1, 0.15) is 47.0 Å². The van der Waals surface area contributed by atoms with Crippen LogP contribution in [0, 0.1) is 11.8 Å². The van der Waals surface area contributed by atoms with Gasteiger partial charge in [-0.3, -0.25) is 9.59 Å². The van der Waals surface area contributed by atoms with Crippen molar-refractivity contribution in [2.24, 2.45) is 11.8 Å². The molecule has 5 nitrogen and oxygen atoms in total. The summed E-state index contributed by atoms with van der Waals surface area (Å²) >= 11 is 0. The minimum Gasteiger partial charge on any atom is -0.481 e. The summed E-state index contributed by atoms with van der Waals surface area (Å²) in [5.74, 6) is -0.229. The van der Waals surface area contributed by atoms with Crippen LogP contribution in [0.4, 0.5) is 0 Å². The molecule has 112 valence electrons. The SMILES string of the molecule is COCC(C)(CC(=O)O)NC(=O)CC(C)CC(C)C. The molecule has 0 aliphatic rings. The highest BCUT2D eigenvalue weighted by atomic mass is 16.5.